The summed E-state index contributed by atoms with van der Waals surface area (Å²) in [7, 11) is 0. The molecule has 1 nitrogen and oxygen atoms in total. The highest BCUT2D eigenvalue weighted by Crippen LogP contribution is 2.51. The van der Waals surface area contributed by atoms with Gasteiger partial charge < -0.3 is 0 Å². The SMILES string of the molecule is C[C@]1(C#N)C[C@H]2C=C[C@@H]1C2. The van der Waals surface area contributed by atoms with E-state index in [4.69, 9.17) is 5.26 Å². The van der Waals surface area contributed by atoms with E-state index in [1.54, 1.807) is 0 Å². The molecule has 3 atom stereocenters. The first kappa shape index (κ1) is 5.97. The number of hydrogen-bond donors (Lipinski definition) is 0. The minimum absolute atomic E-state index is 0.0284. The maximum absolute atomic E-state index is 8.86. The van der Waals surface area contributed by atoms with Crippen molar-refractivity contribution in [3.05, 3.63) is 12.2 Å². The lowest BCUT2D eigenvalue weighted by molar-refractivity contribution is 0.367. The third-order valence-corrected chi connectivity index (χ3v) is 2.93. The van der Waals surface area contributed by atoms with E-state index in [1.165, 1.54) is 6.42 Å². The highest BCUT2D eigenvalue weighted by atomic mass is 14.5. The van der Waals surface area contributed by atoms with Crippen molar-refractivity contribution in [2.24, 2.45) is 17.3 Å². The molecule has 2 bridgehead atoms. The van der Waals surface area contributed by atoms with Crippen molar-refractivity contribution in [3.8, 4) is 6.07 Å². The molecule has 10 heavy (non-hydrogen) atoms. The van der Waals surface area contributed by atoms with Crippen LogP contribution in [0.5, 0.6) is 0 Å². The summed E-state index contributed by atoms with van der Waals surface area (Å²) in [6, 6.07) is 2.42. The van der Waals surface area contributed by atoms with Crippen LogP contribution in [-0.2, 0) is 0 Å². The van der Waals surface area contributed by atoms with Crippen LogP contribution in [0.2, 0.25) is 0 Å². The molecule has 0 aromatic rings. The molecule has 2 aliphatic rings. The number of hydrogen-bond acceptors (Lipinski definition) is 1. The van der Waals surface area contributed by atoms with Gasteiger partial charge in [-0.1, -0.05) is 12.2 Å². The van der Waals surface area contributed by atoms with Gasteiger partial charge in [0.05, 0.1) is 11.5 Å². The zero-order valence-electron chi connectivity index (χ0n) is 6.17. The quantitative estimate of drug-likeness (QED) is 0.464. The smallest absolute Gasteiger partial charge is 0.0693 e. The normalized spacial score (nSPS) is 49.6. The van der Waals surface area contributed by atoms with E-state index >= 15 is 0 Å². The molecule has 1 fully saturated rings. The van der Waals surface area contributed by atoms with Crippen molar-refractivity contribution in [3.63, 3.8) is 0 Å². The Kier molecular flexibility index (Phi) is 0.976. The fourth-order valence-corrected chi connectivity index (χ4v) is 2.22. The Morgan fingerprint density at radius 2 is 2.40 bits per heavy atom. The summed E-state index contributed by atoms with van der Waals surface area (Å²) in [5.41, 5.74) is -0.0284. The zero-order chi connectivity index (χ0) is 7.19. The van der Waals surface area contributed by atoms with Gasteiger partial charge in [0.1, 0.15) is 0 Å². The fraction of sp³-hybridized carbons (Fsp3) is 0.667. The molecule has 0 radical (unpaired) electrons. The van der Waals surface area contributed by atoms with Crippen LogP contribution in [0.15, 0.2) is 12.2 Å². The predicted molar refractivity (Wildman–Crippen MR) is 39.1 cm³/mol. The van der Waals surface area contributed by atoms with Crippen LogP contribution in [-0.4, -0.2) is 0 Å². The molecule has 0 aromatic carbocycles. The molecule has 1 heteroatoms. The van der Waals surface area contributed by atoms with Gasteiger partial charge in [-0.3, -0.25) is 0 Å². The van der Waals surface area contributed by atoms with Crippen LogP contribution in [0.25, 0.3) is 0 Å². The standard InChI is InChI=1S/C9H11N/c1-9(6-10)5-7-2-3-8(9)4-7/h2-3,7-8H,4-5H2,1H3/t7-,8+,9+/m0/s1. The second-order valence-corrected chi connectivity index (χ2v) is 3.72. The Balaban J connectivity index is 2.33. The molecule has 0 spiro atoms. The van der Waals surface area contributed by atoms with Crippen molar-refractivity contribution < 1.29 is 0 Å². The van der Waals surface area contributed by atoms with Gasteiger partial charge in [0.15, 0.2) is 0 Å². The summed E-state index contributed by atoms with van der Waals surface area (Å²) >= 11 is 0. The summed E-state index contributed by atoms with van der Waals surface area (Å²) in [6.07, 6.45) is 6.80. The Morgan fingerprint density at radius 1 is 1.60 bits per heavy atom. The van der Waals surface area contributed by atoms with Gasteiger partial charge in [-0.25, -0.2) is 0 Å². The maximum atomic E-state index is 8.86. The van der Waals surface area contributed by atoms with E-state index in [0.717, 1.165) is 12.3 Å². The summed E-state index contributed by atoms with van der Waals surface area (Å²) in [5, 5.41) is 8.86. The third kappa shape index (κ3) is 0.568. The van der Waals surface area contributed by atoms with Crippen LogP contribution in [0.4, 0.5) is 0 Å². The Bertz CT molecular complexity index is 223. The molecule has 0 N–H and O–H groups in total. The number of rotatable bonds is 0. The molecule has 1 saturated carbocycles. The third-order valence-electron chi connectivity index (χ3n) is 2.93. The second-order valence-electron chi connectivity index (χ2n) is 3.72. The van der Waals surface area contributed by atoms with Crippen LogP contribution in [0, 0.1) is 28.6 Å². The molecule has 2 rings (SSSR count). The Labute approximate surface area is 61.4 Å². The maximum Gasteiger partial charge on any atom is 0.0693 e. The van der Waals surface area contributed by atoms with Gasteiger partial charge in [0, 0.05) is 0 Å². The fourth-order valence-electron chi connectivity index (χ4n) is 2.22. The highest BCUT2D eigenvalue weighted by Gasteiger charge is 2.45. The van der Waals surface area contributed by atoms with Crippen LogP contribution < -0.4 is 0 Å². The molecular weight excluding hydrogens is 122 g/mol. The Hall–Kier alpha value is -0.770. The lowest BCUT2D eigenvalue weighted by Gasteiger charge is -2.22. The number of nitrogens with zero attached hydrogens (tertiary/aromatic N) is 1. The van der Waals surface area contributed by atoms with Crippen molar-refractivity contribution >= 4 is 0 Å². The van der Waals surface area contributed by atoms with Gasteiger partial charge in [0.2, 0.25) is 0 Å². The first-order valence-electron chi connectivity index (χ1n) is 3.84. The van der Waals surface area contributed by atoms with Gasteiger partial charge >= 0.3 is 0 Å². The topological polar surface area (TPSA) is 23.8 Å². The van der Waals surface area contributed by atoms with Gasteiger partial charge in [-0.2, -0.15) is 5.26 Å². The average Bonchev–Trinajstić information content (AvgIpc) is 2.46. The van der Waals surface area contributed by atoms with E-state index < -0.39 is 0 Å². The van der Waals surface area contributed by atoms with Crippen LogP contribution >= 0.6 is 0 Å². The molecule has 0 aromatic heterocycles. The van der Waals surface area contributed by atoms with Gasteiger partial charge in [-0.15, -0.1) is 0 Å². The minimum atomic E-state index is -0.0284. The monoisotopic (exact) mass is 133 g/mol. The summed E-state index contributed by atoms with van der Waals surface area (Å²) in [6.45, 7) is 2.08. The molecule has 0 aliphatic heterocycles. The molecule has 52 valence electrons. The summed E-state index contributed by atoms with van der Waals surface area (Å²) in [4.78, 5) is 0. The van der Waals surface area contributed by atoms with Crippen molar-refractivity contribution in [2.75, 3.05) is 0 Å². The van der Waals surface area contributed by atoms with E-state index in [-0.39, 0.29) is 5.41 Å². The van der Waals surface area contributed by atoms with E-state index in [1.807, 2.05) is 0 Å². The Morgan fingerprint density at radius 3 is 2.70 bits per heavy atom. The van der Waals surface area contributed by atoms with Crippen LogP contribution in [0.3, 0.4) is 0 Å². The predicted octanol–water partition coefficient (Wildman–Crippen LogP) is 2.11. The molecule has 0 unspecified atom stereocenters. The first-order valence-corrected chi connectivity index (χ1v) is 3.84. The molecular formula is C9H11N. The number of allylic oxidation sites excluding steroid dienone is 2. The lowest BCUT2D eigenvalue weighted by Crippen LogP contribution is -2.18. The minimum Gasteiger partial charge on any atom is -0.198 e. The average molecular weight is 133 g/mol. The van der Waals surface area contributed by atoms with E-state index in [2.05, 4.69) is 25.1 Å². The highest BCUT2D eigenvalue weighted by molar-refractivity contribution is 5.20. The number of nitriles is 1. The van der Waals surface area contributed by atoms with Crippen LogP contribution in [0.1, 0.15) is 19.8 Å². The molecule has 0 saturated heterocycles. The van der Waals surface area contributed by atoms with E-state index in [0.29, 0.717) is 5.92 Å². The van der Waals surface area contributed by atoms with Crippen molar-refractivity contribution in [1.29, 1.82) is 5.26 Å². The second kappa shape index (κ2) is 1.63. The van der Waals surface area contributed by atoms with Gasteiger partial charge in [0.25, 0.3) is 0 Å². The van der Waals surface area contributed by atoms with E-state index in [9.17, 15) is 0 Å². The molecule has 2 aliphatic carbocycles. The first-order chi connectivity index (χ1) is 4.74. The zero-order valence-corrected chi connectivity index (χ0v) is 6.17. The van der Waals surface area contributed by atoms with Crippen molar-refractivity contribution in [1.82, 2.24) is 0 Å². The van der Waals surface area contributed by atoms with Crippen molar-refractivity contribution in [2.45, 2.75) is 19.8 Å². The largest absolute Gasteiger partial charge is 0.198 e. The van der Waals surface area contributed by atoms with Gasteiger partial charge in [-0.05, 0) is 31.6 Å². The number of fused-ring (bicyclic) bond motifs is 2. The molecule has 0 heterocycles. The summed E-state index contributed by atoms with van der Waals surface area (Å²) in [5.74, 6) is 1.28. The molecule has 0 amide bonds. The summed E-state index contributed by atoms with van der Waals surface area (Å²) < 4.78 is 0. The lowest BCUT2D eigenvalue weighted by atomic mass is 9.79.